The van der Waals surface area contributed by atoms with Crippen LogP contribution in [0.4, 0.5) is 4.39 Å². The molecule has 0 radical (unpaired) electrons. The first-order valence-corrected chi connectivity index (χ1v) is 8.44. The second-order valence-corrected chi connectivity index (χ2v) is 5.98. The molecule has 8 heteroatoms. The fraction of sp³-hybridized carbons (Fsp3) is 0.353. The van der Waals surface area contributed by atoms with Gasteiger partial charge in [-0.25, -0.2) is 24.0 Å². The lowest BCUT2D eigenvalue weighted by Crippen LogP contribution is -2.15. The van der Waals surface area contributed by atoms with Gasteiger partial charge in [0.05, 0.1) is 25.1 Å². The van der Waals surface area contributed by atoms with Crippen LogP contribution < -0.4 is 0 Å². The molecule has 0 N–H and O–H groups in total. The molecule has 0 fully saturated rings. The molecule has 0 atom stereocenters. The maximum atomic E-state index is 13.3. The Bertz CT molecular complexity index is 738. The number of halogens is 1. The van der Waals surface area contributed by atoms with Gasteiger partial charge in [-0.3, -0.25) is 0 Å². The molecular formula is C17H19FN2O4S. The highest BCUT2D eigenvalue weighted by Crippen LogP contribution is 2.31. The molecule has 2 rings (SSSR count). The van der Waals surface area contributed by atoms with E-state index in [-0.39, 0.29) is 29.1 Å². The van der Waals surface area contributed by atoms with Crippen molar-refractivity contribution >= 4 is 18.0 Å². The molecule has 25 heavy (non-hydrogen) atoms. The van der Waals surface area contributed by atoms with Crippen LogP contribution in [0.25, 0.3) is 11.3 Å². The Morgan fingerprint density at radius 2 is 1.92 bits per heavy atom. The molecule has 0 amide bonds. The van der Waals surface area contributed by atoms with Crippen molar-refractivity contribution in [3.63, 3.8) is 0 Å². The maximum Gasteiger partial charge on any atom is 0.342 e. The topological polar surface area (TPSA) is 70.5 Å². The molecule has 0 aliphatic heterocycles. The molecule has 1 aromatic carbocycles. The number of benzene rings is 1. The summed E-state index contributed by atoms with van der Waals surface area (Å²) < 4.78 is 23.3. The average Bonchev–Trinajstić information content (AvgIpc) is 2.59. The first kappa shape index (κ1) is 19.3. The predicted octanol–water partition coefficient (Wildman–Crippen LogP) is 4.17. The van der Waals surface area contributed by atoms with Gasteiger partial charge in [0, 0.05) is 5.56 Å². The van der Waals surface area contributed by atoms with E-state index >= 15 is 0 Å². The van der Waals surface area contributed by atoms with E-state index in [1.54, 1.807) is 19.1 Å². The van der Waals surface area contributed by atoms with Crippen LogP contribution in [0.2, 0.25) is 0 Å². The molecule has 1 aromatic heterocycles. The summed E-state index contributed by atoms with van der Waals surface area (Å²) in [6, 6.07) is 5.71. The summed E-state index contributed by atoms with van der Waals surface area (Å²) in [4.78, 5) is 25.9. The smallest absolute Gasteiger partial charge is 0.342 e. The number of hydrogen-bond acceptors (Lipinski definition) is 7. The van der Waals surface area contributed by atoms with Crippen molar-refractivity contribution in [3.8, 4) is 11.3 Å². The minimum absolute atomic E-state index is 0.0662. The summed E-state index contributed by atoms with van der Waals surface area (Å²) >= 11 is 0.827. The van der Waals surface area contributed by atoms with Gasteiger partial charge >= 0.3 is 5.97 Å². The van der Waals surface area contributed by atoms with Crippen LogP contribution in [0.3, 0.4) is 0 Å². The first-order chi connectivity index (χ1) is 12.0. The lowest BCUT2D eigenvalue weighted by molar-refractivity contribution is -0.160. The average molecular weight is 366 g/mol. The van der Waals surface area contributed by atoms with Crippen LogP contribution in [-0.2, 0) is 14.0 Å². The molecule has 1 heterocycles. The standard InChI is InChI=1S/C17H19FN2O4S/c1-5-23-16(21)13-14(10(2)3)19-17(25-24-22-4)20-15(13)11-6-8-12(18)9-7-11/h6-10H,5H2,1-4H3. The first-order valence-electron chi connectivity index (χ1n) is 7.70. The minimum Gasteiger partial charge on any atom is -0.462 e. The molecule has 0 saturated heterocycles. The number of nitrogens with zero attached hydrogens (tertiary/aromatic N) is 2. The highest BCUT2D eigenvalue weighted by Gasteiger charge is 2.25. The number of carbonyl (C=O) groups excluding carboxylic acids is 1. The predicted molar refractivity (Wildman–Crippen MR) is 91.4 cm³/mol. The van der Waals surface area contributed by atoms with E-state index in [1.165, 1.54) is 19.2 Å². The van der Waals surface area contributed by atoms with Crippen molar-refractivity contribution in [2.24, 2.45) is 0 Å². The summed E-state index contributed by atoms with van der Waals surface area (Å²) in [5.41, 5.74) is 1.73. The quantitative estimate of drug-likeness (QED) is 0.239. The summed E-state index contributed by atoms with van der Waals surface area (Å²) in [7, 11) is 1.37. The van der Waals surface area contributed by atoms with Crippen molar-refractivity contribution in [1.29, 1.82) is 0 Å². The van der Waals surface area contributed by atoms with Gasteiger partial charge in [0.1, 0.15) is 23.4 Å². The van der Waals surface area contributed by atoms with Gasteiger partial charge in [-0.05, 0) is 37.1 Å². The van der Waals surface area contributed by atoms with E-state index in [1.807, 2.05) is 13.8 Å². The number of aromatic nitrogens is 2. The lowest BCUT2D eigenvalue weighted by Gasteiger charge is -2.16. The fourth-order valence-electron chi connectivity index (χ4n) is 2.20. The van der Waals surface area contributed by atoms with Crippen molar-refractivity contribution in [2.45, 2.75) is 31.8 Å². The Morgan fingerprint density at radius 1 is 1.24 bits per heavy atom. The summed E-state index contributed by atoms with van der Waals surface area (Å²) in [6.07, 6.45) is 0. The fourth-order valence-corrected chi connectivity index (χ4v) is 2.59. The van der Waals surface area contributed by atoms with E-state index in [9.17, 15) is 9.18 Å². The maximum absolute atomic E-state index is 13.3. The Morgan fingerprint density at radius 3 is 2.48 bits per heavy atom. The normalized spacial score (nSPS) is 11.0. The molecular weight excluding hydrogens is 347 g/mol. The number of carbonyl (C=O) groups is 1. The SMILES string of the molecule is CCOC(=O)c1c(-c2ccc(F)cc2)nc(SOOC)nc1C(C)C. The van der Waals surface area contributed by atoms with Gasteiger partial charge in [0.15, 0.2) is 0 Å². The Labute approximate surface area is 149 Å². The highest BCUT2D eigenvalue weighted by atomic mass is 32.2. The zero-order valence-electron chi connectivity index (χ0n) is 14.4. The van der Waals surface area contributed by atoms with E-state index < -0.39 is 5.97 Å². The second kappa shape index (κ2) is 8.89. The monoisotopic (exact) mass is 366 g/mol. The third-order valence-electron chi connectivity index (χ3n) is 3.24. The van der Waals surface area contributed by atoms with Gasteiger partial charge in [0.2, 0.25) is 5.16 Å². The number of rotatable bonds is 7. The minimum atomic E-state index is -0.519. The van der Waals surface area contributed by atoms with Crippen LogP contribution in [0.1, 0.15) is 42.7 Å². The van der Waals surface area contributed by atoms with Crippen LogP contribution >= 0.6 is 12.0 Å². The molecule has 2 aromatic rings. The largest absolute Gasteiger partial charge is 0.462 e. The van der Waals surface area contributed by atoms with Crippen molar-refractivity contribution in [3.05, 3.63) is 41.3 Å². The van der Waals surface area contributed by atoms with Crippen LogP contribution in [-0.4, -0.2) is 29.7 Å². The molecule has 0 aliphatic carbocycles. The van der Waals surface area contributed by atoms with Crippen LogP contribution in [0, 0.1) is 5.82 Å². The molecule has 0 saturated carbocycles. The van der Waals surface area contributed by atoms with Crippen LogP contribution in [0.15, 0.2) is 29.4 Å². The number of esters is 1. The van der Waals surface area contributed by atoms with Crippen molar-refractivity contribution in [2.75, 3.05) is 13.7 Å². The summed E-state index contributed by atoms with van der Waals surface area (Å²) in [5.74, 6) is -0.963. The summed E-state index contributed by atoms with van der Waals surface area (Å²) in [6.45, 7) is 5.76. The zero-order valence-corrected chi connectivity index (χ0v) is 15.2. The van der Waals surface area contributed by atoms with Crippen molar-refractivity contribution < 1.29 is 23.1 Å². The highest BCUT2D eigenvalue weighted by molar-refractivity contribution is 7.94. The van der Waals surface area contributed by atoms with Crippen molar-refractivity contribution in [1.82, 2.24) is 9.97 Å². The van der Waals surface area contributed by atoms with E-state index in [4.69, 9.17) is 9.07 Å². The molecule has 0 bridgehead atoms. The van der Waals surface area contributed by atoms with Gasteiger partial charge in [-0.1, -0.05) is 13.8 Å². The molecule has 134 valence electrons. The zero-order chi connectivity index (χ0) is 18.4. The van der Waals surface area contributed by atoms with Crippen LogP contribution in [0.5, 0.6) is 0 Å². The van der Waals surface area contributed by atoms with Gasteiger partial charge in [0.25, 0.3) is 0 Å². The Balaban J connectivity index is 2.67. The lowest BCUT2D eigenvalue weighted by atomic mass is 9.98. The van der Waals surface area contributed by atoms with Gasteiger partial charge in [-0.15, -0.1) is 0 Å². The van der Waals surface area contributed by atoms with E-state index in [0.717, 1.165) is 12.0 Å². The molecule has 0 spiro atoms. The van der Waals surface area contributed by atoms with E-state index in [0.29, 0.717) is 17.0 Å². The van der Waals surface area contributed by atoms with Gasteiger partial charge in [-0.2, -0.15) is 4.33 Å². The second-order valence-electron chi connectivity index (χ2n) is 5.32. The third kappa shape index (κ3) is 4.75. The molecule has 0 aliphatic rings. The Kier molecular flexibility index (Phi) is 6.86. The van der Waals surface area contributed by atoms with E-state index in [2.05, 4.69) is 14.9 Å². The third-order valence-corrected chi connectivity index (χ3v) is 3.77. The summed E-state index contributed by atoms with van der Waals surface area (Å²) in [5, 5.41) is 0.276. The van der Waals surface area contributed by atoms with Gasteiger partial charge < -0.3 is 4.74 Å². The number of ether oxygens (including phenoxy) is 1. The molecule has 6 nitrogen and oxygen atoms in total. The number of hydrogen-bond donors (Lipinski definition) is 0. The molecule has 0 unspecified atom stereocenters. The Hall–Kier alpha value is -2.03.